The summed E-state index contributed by atoms with van der Waals surface area (Å²) in [6, 6.07) is 7.32. The SMILES string of the molecule is CC(C)=CCc1coc2ccccc2c1=O. The lowest BCUT2D eigenvalue weighted by molar-refractivity contribution is 0.595. The minimum Gasteiger partial charge on any atom is -0.464 e. The first-order chi connectivity index (χ1) is 7.68. The Kier molecular flexibility index (Phi) is 2.91. The molecule has 1 aromatic heterocycles. The third-order valence-electron chi connectivity index (χ3n) is 2.48. The number of allylic oxidation sites excluding steroid dienone is 2. The van der Waals surface area contributed by atoms with E-state index in [1.807, 2.05) is 32.1 Å². The molecule has 0 saturated heterocycles. The highest BCUT2D eigenvalue weighted by molar-refractivity contribution is 5.76. The maximum Gasteiger partial charge on any atom is 0.196 e. The Hall–Kier alpha value is -1.83. The third-order valence-corrected chi connectivity index (χ3v) is 2.48. The summed E-state index contributed by atoms with van der Waals surface area (Å²) in [6.45, 7) is 4.03. The lowest BCUT2D eigenvalue weighted by Crippen LogP contribution is -2.07. The van der Waals surface area contributed by atoms with Crippen molar-refractivity contribution < 1.29 is 4.42 Å². The molecular formula is C14H14O2. The first kappa shape index (κ1) is 10.7. The Balaban J connectivity index is 2.53. The molecule has 2 heteroatoms. The van der Waals surface area contributed by atoms with Crippen LogP contribution in [0.1, 0.15) is 19.4 Å². The molecule has 0 aliphatic heterocycles. The fourth-order valence-electron chi connectivity index (χ4n) is 1.57. The van der Waals surface area contributed by atoms with E-state index in [9.17, 15) is 4.79 Å². The zero-order chi connectivity index (χ0) is 11.5. The van der Waals surface area contributed by atoms with Gasteiger partial charge in [-0.05, 0) is 32.4 Å². The van der Waals surface area contributed by atoms with E-state index < -0.39 is 0 Å². The Morgan fingerprint density at radius 3 is 2.81 bits per heavy atom. The Morgan fingerprint density at radius 2 is 2.06 bits per heavy atom. The zero-order valence-corrected chi connectivity index (χ0v) is 9.49. The van der Waals surface area contributed by atoms with Gasteiger partial charge in [0.25, 0.3) is 0 Å². The van der Waals surface area contributed by atoms with Crippen LogP contribution in [0.3, 0.4) is 0 Å². The summed E-state index contributed by atoms with van der Waals surface area (Å²) in [7, 11) is 0. The highest BCUT2D eigenvalue weighted by Gasteiger charge is 2.04. The predicted molar refractivity (Wildman–Crippen MR) is 65.6 cm³/mol. The largest absolute Gasteiger partial charge is 0.464 e. The van der Waals surface area contributed by atoms with E-state index in [0.29, 0.717) is 23.0 Å². The van der Waals surface area contributed by atoms with Crippen molar-refractivity contribution in [2.45, 2.75) is 20.3 Å². The monoisotopic (exact) mass is 214 g/mol. The molecule has 0 N–H and O–H groups in total. The molecule has 1 heterocycles. The molecule has 0 atom stereocenters. The van der Waals surface area contributed by atoms with Crippen LogP contribution in [0.5, 0.6) is 0 Å². The summed E-state index contributed by atoms with van der Waals surface area (Å²) in [4.78, 5) is 12.1. The predicted octanol–water partition coefficient (Wildman–Crippen LogP) is 3.30. The molecule has 2 nitrogen and oxygen atoms in total. The van der Waals surface area contributed by atoms with Gasteiger partial charge in [-0.15, -0.1) is 0 Å². The summed E-state index contributed by atoms with van der Waals surface area (Å²) in [5, 5.41) is 0.655. The van der Waals surface area contributed by atoms with Crippen molar-refractivity contribution in [3.8, 4) is 0 Å². The van der Waals surface area contributed by atoms with Gasteiger partial charge in [0, 0.05) is 5.56 Å². The van der Waals surface area contributed by atoms with Gasteiger partial charge in [0.05, 0.1) is 11.6 Å². The second kappa shape index (κ2) is 4.35. The second-order valence-corrected chi connectivity index (χ2v) is 4.07. The van der Waals surface area contributed by atoms with Crippen LogP contribution in [0.25, 0.3) is 11.0 Å². The van der Waals surface area contributed by atoms with Gasteiger partial charge in [-0.3, -0.25) is 4.79 Å². The van der Waals surface area contributed by atoms with Crippen LogP contribution < -0.4 is 5.43 Å². The Labute approximate surface area is 94.2 Å². The maximum absolute atomic E-state index is 12.1. The molecule has 82 valence electrons. The van der Waals surface area contributed by atoms with Crippen LogP contribution >= 0.6 is 0 Å². The normalized spacial score (nSPS) is 10.4. The van der Waals surface area contributed by atoms with Crippen LogP contribution in [-0.4, -0.2) is 0 Å². The molecule has 0 saturated carbocycles. The molecule has 2 aromatic rings. The maximum atomic E-state index is 12.1. The topological polar surface area (TPSA) is 30.2 Å². The number of rotatable bonds is 2. The van der Waals surface area contributed by atoms with Crippen molar-refractivity contribution >= 4 is 11.0 Å². The first-order valence-electron chi connectivity index (χ1n) is 5.31. The number of benzene rings is 1. The number of fused-ring (bicyclic) bond motifs is 1. The minimum atomic E-state index is 0.0688. The molecule has 1 aromatic carbocycles. The van der Waals surface area contributed by atoms with E-state index in [2.05, 4.69) is 0 Å². The van der Waals surface area contributed by atoms with Crippen LogP contribution in [0.4, 0.5) is 0 Å². The van der Waals surface area contributed by atoms with Crippen molar-refractivity contribution in [3.63, 3.8) is 0 Å². The summed E-state index contributed by atoms with van der Waals surface area (Å²) in [6.07, 6.45) is 4.22. The molecule has 0 aliphatic carbocycles. The van der Waals surface area contributed by atoms with Gasteiger partial charge >= 0.3 is 0 Å². The van der Waals surface area contributed by atoms with E-state index in [1.165, 1.54) is 5.57 Å². The lowest BCUT2D eigenvalue weighted by atomic mass is 10.1. The van der Waals surface area contributed by atoms with Gasteiger partial charge in [0.1, 0.15) is 5.58 Å². The fraction of sp³-hybridized carbons (Fsp3) is 0.214. The van der Waals surface area contributed by atoms with Crippen LogP contribution in [0.2, 0.25) is 0 Å². The van der Waals surface area contributed by atoms with Crippen LogP contribution in [0.15, 0.2) is 51.4 Å². The van der Waals surface area contributed by atoms with Gasteiger partial charge in [-0.25, -0.2) is 0 Å². The number of hydrogen-bond donors (Lipinski definition) is 0. The van der Waals surface area contributed by atoms with Crippen molar-refractivity contribution in [1.29, 1.82) is 0 Å². The standard InChI is InChI=1S/C14H14O2/c1-10(2)7-8-11-9-16-13-6-4-3-5-12(13)14(11)15/h3-7,9H,8H2,1-2H3. The molecule has 0 aliphatic rings. The first-order valence-corrected chi connectivity index (χ1v) is 5.31. The fourth-order valence-corrected chi connectivity index (χ4v) is 1.57. The average molecular weight is 214 g/mol. The summed E-state index contributed by atoms with van der Waals surface area (Å²) in [5.74, 6) is 0. The van der Waals surface area contributed by atoms with Crippen molar-refractivity contribution in [2.75, 3.05) is 0 Å². The smallest absolute Gasteiger partial charge is 0.196 e. The van der Waals surface area contributed by atoms with E-state index in [-0.39, 0.29) is 5.43 Å². The van der Waals surface area contributed by atoms with Gasteiger partial charge in [0.2, 0.25) is 0 Å². The van der Waals surface area contributed by atoms with Crippen LogP contribution in [0, 0.1) is 0 Å². The van der Waals surface area contributed by atoms with Crippen molar-refractivity contribution in [2.24, 2.45) is 0 Å². The Morgan fingerprint density at radius 1 is 1.31 bits per heavy atom. The summed E-state index contributed by atoms with van der Waals surface area (Å²) < 4.78 is 5.43. The van der Waals surface area contributed by atoms with Crippen molar-refractivity contribution in [3.05, 3.63) is 58.0 Å². The van der Waals surface area contributed by atoms with Gasteiger partial charge < -0.3 is 4.42 Å². The molecule has 0 fully saturated rings. The third kappa shape index (κ3) is 2.06. The molecule has 0 bridgehead atoms. The van der Waals surface area contributed by atoms with E-state index in [4.69, 9.17) is 4.42 Å². The quantitative estimate of drug-likeness (QED) is 0.718. The van der Waals surface area contributed by atoms with Gasteiger partial charge in [0.15, 0.2) is 5.43 Å². The Bertz CT molecular complexity index is 587. The molecule has 16 heavy (non-hydrogen) atoms. The highest BCUT2D eigenvalue weighted by Crippen LogP contribution is 2.11. The summed E-state index contributed by atoms with van der Waals surface area (Å²) >= 11 is 0. The lowest BCUT2D eigenvalue weighted by Gasteiger charge is -1.99. The van der Waals surface area contributed by atoms with E-state index in [1.54, 1.807) is 18.4 Å². The van der Waals surface area contributed by atoms with Gasteiger partial charge in [-0.2, -0.15) is 0 Å². The molecule has 2 rings (SSSR count). The van der Waals surface area contributed by atoms with Crippen molar-refractivity contribution in [1.82, 2.24) is 0 Å². The molecule has 0 radical (unpaired) electrons. The zero-order valence-electron chi connectivity index (χ0n) is 9.49. The summed E-state index contributed by atoms with van der Waals surface area (Å²) in [5.41, 5.74) is 2.63. The molecule has 0 amide bonds. The van der Waals surface area contributed by atoms with E-state index >= 15 is 0 Å². The average Bonchev–Trinajstić information content (AvgIpc) is 2.28. The molecule has 0 spiro atoms. The highest BCUT2D eigenvalue weighted by atomic mass is 16.3. The van der Waals surface area contributed by atoms with E-state index in [0.717, 1.165) is 0 Å². The number of para-hydroxylation sites is 1. The van der Waals surface area contributed by atoms with Gasteiger partial charge in [-0.1, -0.05) is 23.8 Å². The molecular weight excluding hydrogens is 200 g/mol. The second-order valence-electron chi connectivity index (χ2n) is 4.07. The molecule has 0 unspecified atom stereocenters. The van der Waals surface area contributed by atoms with Crippen LogP contribution in [-0.2, 0) is 6.42 Å². The minimum absolute atomic E-state index is 0.0688. The number of hydrogen-bond acceptors (Lipinski definition) is 2.